The Morgan fingerprint density at radius 3 is 2.30 bits per heavy atom. The van der Waals surface area contributed by atoms with Gasteiger partial charge in [0.2, 0.25) is 0 Å². The first-order valence-electron chi connectivity index (χ1n) is 11.6. The molecule has 0 aromatic heterocycles. The van der Waals surface area contributed by atoms with Crippen LogP contribution in [-0.4, -0.2) is 13.1 Å². The van der Waals surface area contributed by atoms with Crippen molar-refractivity contribution in [1.82, 2.24) is 0 Å². The molecule has 2 fully saturated rings. The molecule has 0 amide bonds. The van der Waals surface area contributed by atoms with Crippen molar-refractivity contribution in [2.75, 3.05) is 7.11 Å². The second-order valence-electron chi connectivity index (χ2n) is 9.17. The molecule has 2 aliphatic carbocycles. The Morgan fingerprint density at radius 1 is 0.939 bits per heavy atom. The molecule has 0 heterocycles. The average molecular weight is 459 g/mol. The molecule has 0 radical (unpaired) electrons. The molecule has 2 aliphatic rings. The number of carbonyl (C=O) groups excluding carboxylic acids is 1. The maximum atomic E-state index is 15.0. The fraction of sp³-hybridized carbons (Fsp3) is 0.444. The minimum atomic E-state index is -0.949. The van der Waals surface area contributed by atoms with Gasteiger partial charge in [-0.2, -0.15) is 0 Å². The first-order chi connectivity index (χ1) is 15.9. The van der Waals surface area contributed by atoms with Gasteiger partial charge in [-0.25, -0.2) is 18.0 Å². The van der Waals surface area contributed by atoms with Crippen molar-refractivity contribution < 1.29 is 27.4 Å². The Bertz CT molecular complexity index is 1030. The fourth-order valence-electron chi connectivity index (χ4n) is 5.60. The van der Waals surface area contributed by atoms with E-state index in [0.717, 1.165) is 56.7 Å². The van der Waals surface area contributed by atoms with Crippen LogP contribution in [0.2, 0.25) is 0 Å². The number of allylic oxidation sites excluding steroid dienone is 2. The monoisotopic (exact) mass is 458 g/mol. The lowest BCUT2D eigenvalue weighted by molar-refractivity contribution is 0.0732. The SMILES string of the molecule is C/C=C/C1CCC2CC(c3c(F)cc(C(=O)Oc4ccc(OC)c(F)c4)cc3F)CCC2C1. The normalized spacial score (nSPS) is 25.0. The van der Waals surface area contributed by atoms with Crippen molar-refractivity contribution in [2.45, 2.75) is 51.4 Å². The lowest BCUT2D eigenvalue weighted by Gasteiger charge is -2.42. The molecule has 4 unspecified atom stereocenters. The topological polar surface area (TPSA) is 35.5 Å². The van der Waals surface area contributed by atoms with Crippen molar-refractivity contribution in [3.05, 3.63) is 71.1 Å². The molecule has 3 nitrogen and oxygen atoms in total. The predicted molar refractivity (Wildman–Crippen MR) is 120 cm³/mol. The lowest BCUT2D eigenvalue weighted by atomic mass is 9.63. The Hall–Kier alpha value is -2.76. The summed E-state index contributed by atoms with van der Waals surface area (Å²) in [6.45, 7) is 2.04. The summed E-state index contributed by atoms with van der Waals surface area (Å²) in [5, 5.41) is 0. The van der Waals surface area contributed by atoms with E-state index in [9.17, 15) is 9.18 Å². The molecule has 4 atom stereocenters. The van der Waals surface area contributed by atoms with Crippen LogP contribution in [0, 0.1) is 35.2 Å². The van der Waals surface area contributed by atoms with Gasteiger partial charge in [0.1, 0.15) is 17.4 Å². The summed E-state index contributed by atoms with van der Waals surface area (Å²) in [7, 11) is 1.32. The molecular weight excluding hydrogens is 429 g/mol. The average Bonchev–Trinajstić information content (AvgIpc) is 2.79. The van der Waals surface area contributed by atoms with Crippen LogP contribution in [0.1, 0.15) is 67.3 Å². The van der Waals surface area contributed by atoms with Crippen LogP contribution in [0.25, 0.3) is 0 Å². The number of rotatable bonds is 5. The van der Waals surface area contributed by atoms with E-state index in [-0.39, 0.29) is 28.5 Å². The van der Waals surface area contributed by atoms with Crippen LogP contribution in [0.15, 0.2) is 42.5 Å². The van der Waals surface area contributed by atoms with E-state index in [2.05, 4.69) is 12.2 Å². The number of benzene rings is 2. The van der Waals surface area contributed by atoms with E-state index in [1.807, 2.05) is 6.92 Å². The van der Waals surface area contributed by atoms with Crippen molar-refractivity contribution in [3.8, 4) is 11.5 Å². The molecule has 0 saturated heterocycles. The number of hydrogen-bond acceptors (Lipinski definition) is 3. The number of carbonyl (C=O) groups is 1. The van der Waals surface area contributed by atoms with E-state index in [1.54, 1.807) is 0 Å². The first kappa shape index (κ1) is 23.4. The first-order valence-corrected chi connectivity index (χ1v) is 11.6. The molecule has 176 valence electrons. The van der Waals surface area contributed by atoms with Crippen LogP contribution < -0.4 is 9.47 Å². The van der Waals surface area contributed by atoms with Gasteiger partial charge in [0.25, 0.3) is 0 Å². The molecule has 2 aromatic carbocycles. The number of ether oxygens (including phenoxy) is 2. The quantitative estimate of drug-likeness (QED) is 0.270. The Kier molecular flexibility index (Phi) is 7.11. The van der Waals surface area contributed by atoms with Gasteiger partial charge in [0, 0.05) is 11.6 Å². The highest BCUT2D eigenvalue weighted by Crippen LogP contribution is 2.48. The predicted octanol–water partition coefficient (Wildman–Crippen LogP) is 7.21. The van der Waals surface area contributed by atoms with Gasteiger partial charge in [0.05, 0.1) is 12.7 Å². The maximum absolute atomic E-state index is 15.0. The third kappa shape index (κ3) is 5.10. The van der Waals surface area contributed by atoms with Crippen LogP contribution >= 0.6 is 0 Å². The van der Waals surface area contributed by atoms with Gasteiger partial charge >= 0.3 is 5.97 Å². The van der Waals surface area contributed by atoms with E-state index in [1.165, 1.54) is 19.2 Å². The summed E-state index contributed by atoms with van der Waals surface area (Å²) >= 11 is 0. The van der Waals surface area contributed by atoms with Crippen molar-refractivity contribution in [2.24, 2.45) is 17.8 Å². The minimum Gasteiger partial charge on any atom is -0.494 e. The van der Waals surface area contributed by atoms with Crippen LogP contribution in [0.5, 0.6) is 11.5 Å². The summed E-state index contributed by atoms with van der Waals surface area (Å²) in [4.78, 5) is 12.4. The molecule has 33 heavy (non-hydrogen) atoms. The number of methoxy groups -OCH3 is 1. The Labute approximate surface area is 192 Å². The van der Waals surface area contributed by atoms with Crippen LogP contribution in [0.4, 0.5) is 13.2 Å². The standard InChI is InChI=1S/C27H29F3O3/c1-3-4-16-5-6-18-12-19(8-7-17(18)11-16)26-23(29)13-20(14-24(26)30)27(31)33-21-9-10-25(32-2)22(28)15-21/h3-4,9-10,13-19H,5-8,11-12H2,1-2H3/b4-3+. The fourth-order valence-corrected chi connectivity index (χ4v) is 5.60. The smallest absolute Gasteiger partial charge is 0.343 e. The summed E-state index contributed by atoms with van der Waals surface area (Å²) in [6, 6.07) is 5.70. The van der Waals surface area contributed by atoms with Gasteiger partial charge in [-0.05, 0) is 93.4 Å². The number of halogens is 3. The largest absolute Gasteiger partial charge is 0.494 e. The Morgan fingerprint density at radius 2 is 1.64 bits per heavy atom. The molecule has 2 aromatic rings. The lowest BCUT2D eigenvalue weighted by Crippen LogP contribution is -2.30. The molecule has 6 heteroatoms. The van der Waals surface area contributed by atoms with Gasteiger partial charge in [0.15, 0.2) is 11.6 Å². The third-order valence-electron chi connectivity index (χ3n) is 7.18. The van der Waals surface area contributed by atoms with E-state index < -0.39 is 23.4 Å². The number of hydrogen-bond donors (Lipinski definition) is 0. The van der Waals surface area contributed by atoms with E-state index in [0.29, 0.717) is 17.8 Å². The molecule has 0 bridgehead atoms. The van der Waals surface area contributed by atoms with Gasteiger partial charge in [-0.1, -0.05) is 12.2 Å². The van der Waals surface area contributed by atoms with Crippen LogP contribution in [-0.2, 0) is 0 Å². The van der Waals surface area contributed by atoms with Crippen molar-refractivity contribution in [1.29, 1.82) is 0 Å². The molecule has 2 saturated carbocycles. The zero-order valence-corrected chi connectivity index (χ0v) is 19.0. The van der Waals surface area contributed by atoms with Gasteiger partial charge < -0.3 is 9.47 Å². The molecule has 0 N–H and O–H groups in total. The summed E-state index contributed by atoms with van der Waals surface area (Å²) in [5.41, 5.74) is -0.179. The summed E-state index contributed by atoms with van der Waals surface area (Å²) in [6.07, 6.45) is 10.2. The van der Waals surface area contributed by atoms with Gasteiger partial charge in [-0.3, -0.25) is 0 Å². The second kappa shape index (κ2) is 10.0. The number of esters is 1. The van der Waals surface area contributed by atoms with Crippen LogP contribution in [0.3, 0.4) is 0 Å². The Balaban J connectivity index is 1.46. The summed E-state index contributed by atoms with van der Waals surface area (Å²) in [5.74, 6) is -1.66. The van der Waals surface area contributed by atoms with Crippen molar-refractivity contribution >= 4 is 5.97 Å². The zero-order chi connectivity index (χ0) is 23.5. The number of fused-ring (bicyclic) bond motifs is 1. The van der Waals surface area contributed by atoms with Crippen molar-refractivity contribution in [3.63, 3.8) is 0 Å². The highest BCUT2D eigenvalue weighted by atomic mass is 19.1. The summed E-state index contributed by atoms with van der Waals surface area (Å²) < 4.78 is 53.8. The highest BCUT2D eigenvalue weighted by Gasteiger charge is 2.37. The third-order valence-corrected chi connectivity index (χ3v) is 7.18. The minimum absolute atomic E-state index is 0.00118. The molecular formula is C27H29F3O3. The molecule has 0 spiro atoms. The molecule has 0 aliphatic heterocycles. The second-order valence-corrected chi connectivity index (χ2v) is 9.17. The highest BCUT2D eigenvalue weighted by molar-refractivity contribution is 5.91. The van der Waals surface area contributed by atoms with E-state index in [4.69, 9.17) is 9.47 Å². The maximum Gasteiger partial charge on any atom is 0.343 e. The van der Waals surface area contributed by atoms with E-state index >= 15 is 8.78 Å². The molecule has 4 rings (SSSR count). The van der Waals surface area contributed by atoms with Gasteiger partial charge in [-0.15, -0.1) is 0 Å². The zero-order valence-electron chi connectivity index (χ0n) is 19.0.